The van der Waals surface area contributed by atoms with Crippen molar-refractivity contribution in [3.63, 3.8) is 0 Å². The number of aryl methyl sites for hydroxylation is 2. The molecule has 1 N–H and O–H groups in total. The molecule has 11 heteroatoms. The van der Waals surface area contributed by atoms with Crippen LogP contribution in [-0.4, -0.2) is 30.6 Å². The van der Waals surface area contributed by atoms with Gasteiger partial charge in [-0.15, -0.1) is 0 Å². The number of hydrogen-bond acceptors (Lipinski definition) is 8. The van der Waals surface area contributed by atoms with E-state index in [0.29, 0.717) is 45.1 Å². The van der Waals surface area contributed by atoms with Crippen molar-refractivity contribution < 1.29 is 32.9 Å². The molecule has 1 amide bonds. The zero-order valence-electron chi connectivity index (χ0n) is 24.8. The number of furan rings is 1. The number of hydrogen-bond donors (Lipinski definition) is 1. The Balaban J connectivity index is 1.02. The van der Waals surface area contributed by atoms with Crippen LogP contribution < -0.4 is 29.1 Å². The zero-order chi connectivity index (χ0) is 31.3. The fraction of sp³-hybridized carbons (Fsp3) is 0.176. The van der Waals surface area contributed by atoms with Crippen LogP contribution in [0.4, 0.5) is 0 Å². The van der Waals surface area contributed by atoms with Crippen molar-refractivity contribution in [1.82, 2.24) is 9.99 Å². The van der Waals surface area contributed by atoms with Gasteiger partial charge in [-0.25, -0.2) is 5.43 Å². The molecule has 0 fully saturated rings. The molecule has 0 aliphatic carbocycles. The van der Waals surface area contributed by atoms with Gasteiger partial charge in [0.05, 0.1) is 18.3 Å². The monoisotopic (exact) mass is 627 g/mol. The lowest BCUT2D eigenvalue weighted by atomic mass is 10.2. The van der Waals surface area contributed by atoms with E-state index in [-0.39, 0.29) is 25.8 Å². The van der Waals surface area contributed by atoms with Gasteiger partial charge in [0.2, 0.25) is 6.79 Å². The quantitative estimate of drug-likeness (QED) is 0.124. The van der Waals surface area contributed by atoms with Gasteiger partial charge in [0, 0.05) is 17.1 Å². The summed E-state index contributed by atoms with van der Waals surface area (Å²) in [4.78, 5) is 12.6. The van der Waals surface area contributed by atoms with Crippen molar-refractivity contribution >= 4 is 23.7 Å². The Labute approximate surface area is 264 Å². The molecular formula is C34H30ClN3O7. The van der Waals surface area contributed by atoms with E-state index in [0.717, 1.165) is 22.6 Å². The molecule has 0 saturated carbocycles. The Morgan fingerprint density at radius 2 is 1.71 bits per heavy atom. The highest BCUT2D eigenvalue weighted by atomic mass is 35.5. The maximum atomic E-state index is 12.6. The largest absolute Gasteiger partial charge is 0.493 e. The number of benzene rings is 3. The van der Waals surface area contributed by atoms with Gasteiger partial charge in [-0.05, 0) is 97.8 Å². The number of fused-ring (bicyclic) bond motifs is 1. The number of carbonyl (C=O) groups excluding carboxylic acids is 1. The van der Waals surface area contributed by atoms with Gasteiger partial charge in [0.1, 0.15) is 24.7 Å². The molecule has 45 heavy (non-hydrogen) atoms. The van der Waals surface area contributed by atoms with Crippen LogP contribution in [0.25, 0.3) is 5.69 Å². The summed E-state index contributed by atoms with van der Waals surface area (Å²) in [7, 11) is 1.51. The molecule has 2 aromatic heterocycles. The summed E-state index contributed by atoms with van der Waals surface area (Å²) in [5, 5.41) is 4.36. The standard InChI is InChI=1S/C34H30ClN3O7/c1-21-4-5-22(2)38(21)25-7-9-26(10-8-25)41-19-27-11-13-30(45-27)34(39)37-36-17-24-14-28(35)33(32(16-24)40-3)42-18-23-6-12-29-31(15-23)44-20-43-29/h4-17H,18-20H2,1-3H3,(H,37,39)/b36-17+. The Morgan fingerprint density at radius 3 is 2.49 bits per heavy atom. The summed E-state index contributed by atoms with van der Waals surface area (Å²) in [6, 6.07) is 24.2. The van der Waals surface area contributed by atoms with E-state index in [1.165, 1.54) is 13.3 Å². The Bertz CT molecular complexity index is 1840. The lowest BCUT2D eigenvalue weighted by Gasteiger charge is -2.13. The highest BCUT2D eigenvalue weighted by molar-refractivity contribution is 6.32. The number of hydrazone groups is 1. The predicted octanol–water partition coefficient (Wildman–Crippen LogP) is 7.00. The second-order valence-corrected chi connectivity index (χ2v) is 10.6. The molecule has 0 radical (unpaired) electrons. The van der Waals surface area contributed by atoms with Crippen molar-refractivity contribution in [2.75, 3.05) is 13.9 Å². The summed E-state index contributed by atoms with van der Waals surface area (Å²) in [6.07, 6.45) is 1.45. The minimum atomic E-state index is -0.513. The Morgan fingerprint density at radius 1 is 0.933 bits per heavy atom. The first-order valence-electron chi connectivity index (χ1n) is 14.1. The van der Waals surface area contributed by atoms with Gasteiger partial charge in [-0.3, -0.25) is 4.79 Å². The second kappa shape index (κ2) is 13.1. The third-order valence-electron chi connectivity index (χ3n) is 7.08. The van der Waals surface area contributed by atoms with Crippen molar-refractivity contribution in [3.8, 4) is 34.4 Å². The van der Waals surface area contributed by atoms with Crippen molar-refractivity contribution in [3.05, 3.63) is 118 Å². The van der Waals surface area contributed by atoms with E-state index in [9.17, 15) is 4.79 Å². The maximum absolute atomic E-state index is 12.6. The van der Waals surface area contributed by atoms with Crippen LogP contribution in [0, 0.1) is 13.8 Å². The van der Waals surface area contributed by atoms with Crippen LogP contribution in [0.3, 0.4) is 0 Å². The normalized spacial score (nSPS) is 12.0. The van der Waals surface area contributed by atoms with E-state index >= 15 is 0 Å². The first-order valence-corrected chi connectivity index (χ1v) is 14.4. The zero-order valence-corrected chi connectivity index (χ0v) is 25.6. The summed E-state index contributed by atoms with van der Waals surface area (Å²) in [5.41, 5.74) is 7.31. The van der Waals surface area contributed by atoms with E-state index in [1.54, 1.807) is 24.3 Å². The third kappa shape index (κ3) is 6.76. The number of aromatic nitrogens is 1. The highest BCUT2D eigenvalue weighted by Gasteiger charge is 2.16. The number of methoxy groups -OCH3 is 1. The number of ether oxygens (including phenoxy) is 5. The Kier molecular flexibility index (Phi) is 8.65. The smallest absolute Gasteiger partial charge is 0.307 e. The van der Waals surface area contributed by atoms with Gasteiger partial charge in [-0.1, -0.05) is 17.7 Å². The lowest BCUT2D eigenvalue weighted by Crippen LogP contribution is -2.16. The molecule has 10 nitrogen and oxygen atoms in total. The van der Waals surface area contributed by atoms with Crippen LogP contribution in [0.2, 0.25) is 5.02 Å². The van der Waals surface area contributed by atoms with Crippen LogP contribution >= 0.6 is 11.6 Å². The predicted molar refractivity (Wildman–Crippen MR) is 168 cm³/mol. The third-order valence-corrected chi connectivity index (χ3v) is 7.37. The molecule has 0 saturated heterocycles. The topological polar surface area (TPSA) is 106 Å². The fourth-order valence-electron chi connectivity index (χ4n) is 4.86. The fourth-order valence-corrected chi connectivity index (χ4v) is 5.13. The summed E-state index contributed by atoms with van der Waals surface area (Å²) < 4.78 is 35.9. The SMILES string of the molecule is COc1cc(/C=N/NC(=O)c2ccc(COc3ccc(-n4c(C)ccc4C)cc3)o2)cc(Cl)c1OCc1ccc2c(c1)OCO2. The highest BCUT2D eigenvalue weighted by Crippen LogP contribution is 2.38. The van der Waals surface area contributed by atoms with E-state index in [4.69, 9.17) is 39.7 Å². The minimum Gasteiger partial charge on any atom is -0.493 e. The molecular weight excluding hydrogens is 598 g/mol. The summed E-state index contributed by atoms with van der Waals surface area (Å²) >= 11 is 6.50. The maximum Gasteiger partial charge on any atom is 0.307 e. The first-order chi connectivity index (χ1) is 21.9. The number of rotatable bonds is 11. The van der Waals surface area contributed by atoms with Crippen molar-refractivity contribution in [2.24, 2.45) is 5.10 Å². The van der Waals surface area contributed by atoms with E-state index in [1.807, 2.05) is 42.5 Å². The van der Waals surface area contributed by atoms with Crippen molar-refractivity contribution in [2.45, 2.75) is 27.1 Å². The number of halogens is 1. The second-order valence-electron chi connectivity index (χ2n) is 10.2. The number of nitrogens with one attached hydrogen (secondary N) is 1. The molecule has 0 bridgehead atoms. The van der Waals surface area contributed by atoms with Crippen LogP contribution in [-0.2, 0) is 13.2 Å². The minimum absolute atomic E-state index is 0.0996. The van der Waals surface area contributed by atoms with Crippen LogP contribution in [0.5, 0.6) is 28.7 Å². The molecule has 0 unspecified atom stereocenters. The molecule has 1 aliphatic rings. The molecule has 3 aromatic carbocycles. The van der Waals surface area contributed by atoms with Gasteiger partial charge < -0.3 is 32.7 Å². The summed E-state index contributed by atoms with van der Waals surface area (Å²) in [5.74, 6) is 2.93. The van der Waals surface area contributed by atoms with E-state index < -0.39 is 5.91 Å². The molecule has 0 atom stereocenters. The average molecular weight is 628 g/mol. The molecule has 0 spiro atoms. The van der Waals surface area contributed by atoms with Gasteiger partial charge in [0.25, 0.3) is 0 Å². The van der Waals surface area contributed by atoms with Crippen molar-refractivity contribution in [1.29, 1.82) is 0 Å². The molecule has 230 valence electrons. The van der Waals surface area contributed by atoms with Crippen LogP contribution in [0.1, 0.15) is 38.8 Å². The number of amides is 1. The molecule has 6 rings (SSSR count). The lowest BCUT2D eigenvalue weighted by molar-refractivity contribution is 0.0923. The summed E-state index contributed by atoms with van der Waals surface area (Å²) in [6.45, 7) is 4.74. The first kappa shape index (κ1) is 29.7. The number of carbonyl (C=O) groups is 1. The van der Waals surface area contributed by atoms with Gasteiger partial charge in [0.15, 0.2) is 28.8 Å². The van der Waals surface area contributed by atoms with E-state index in [2.05, 4.69) is 41.1 Å². The van der Waals surface area contributed by atoms with Gasteiger partial charge in [-0.2, -0.15) is 5.10 Å². The molecule has 5 aromatic rings. The molecule has 1 aliphatic heterocycles. The average Bonchev–Trinajstić information content (AvgIpc) is 3.79. The van der Waals surface area contributed by atoms with Gasteiger partial charge >= 0.3 is 5.91 Å². The van der Waals surface area contributed by atoms with Crippen LogP contribution in [0.15, 0.2) is 88.4 Å². The Hall–Kier alpha value is -5.35. The number of nitrogens with zero attached hydrogens (tertiary/aromatic N) is 2. The molecule has 3 heterocycles.